The summed E-state index contributed by atoms with van der Waals surface area (Å²) >= 11 is 0. The Kier molecular flexibility index (Phi) is 6.06. The van der Waals surface area contributed by atoms with E-state index < -0.39 is 0 Å². The first kappa shape index (κ1) is 20.6. The summed E-state index contributed by atoms with van der Waals surface area (Å²) in [7, 11) is 1.77. The summed E-state index contributed by atoms with van der Waals surface area (Å²) in [5.41, 5.74) is 3.25. The minimum absolute atomic E-state index is 0.0115. The highest BCUT2D eigenvalue weighted by atomic mass is 16.5. The molecule has 7 heteroatoms. The molecule has 29 heavy (non-hydrogen) atoms. The fraction of sp³-hybridized carbons (Fsp3) is 0.409. The quantitative estimate of drug-likeness (QED) is 0.621. The first-order chi connectivity index (χ1) is 13.9. The second kappa shape index (κ2) is 8.51. The van der Waals surface area contributed by atoms with Gasteiger partial charge in [-0.15, -0.1) is 0 Å². The van der Waals surface area contributed by atoms with Crippen molar-refractivity contribution in [1.82, 2.24) is 19.5 Å². The van der Waals surface area contributed by atoms with E-state index in [0.29, 0.717) is 23.6 Å². The third-order valence-corrected chi connectivity index (χ3v) is 4.80. The number of carbonyl (C=O) groups is 1. The summed E-state index contributed by atoms with van der Waals surface area (Å²) in [5, 5.41) is 7.67. The molecule has 0 aliphatic carbocycles. The zero-order valence-corrected chi connectivity index (χ0v) is 17.9. The number of fused-ring (bicyclic) bond motifs is 2. The molecule has 1 amide bonds. The molecule has 0 unspecified atom stereocenters. The number of carbonyl (C=O) groups excluding carboxylic acids is 1. The highest BCUT2D eigenvalue weighted by molar-refractivity contribution is 5.99. The maximum absolute atomic E-state index is 12.9. The van der Waals surface area contributed by atoms with E-state index in [1.165, 1.54) is 0 Å². The number of rotatable bonds is 0. The lowest BCUT2D eigenvalue weighted by atomic mass is 10.0. The Morgan fingerprint density at radius 3 is 2.72 bits per heavy atom. The number of anilines is 1. The molecular weight excluding hydrogens is 366 g/mol. The number of hydrogen-bond acceptors (Lipinski definition) is 5. The smallest absolute Gasteiger partial charge is 0.259 e. The Morgan fingerprint density at radius 2 is 1.97 bits per heavy atom. The molecule has 3 aromatic rings. The first-order valence-electron chi connectivity index (χ1n) is 10.1. The average Bonchev–Trinajstić information content (AvgIpc) is 3.12. The minimum atomic E-state index is -0.157. The van der Waals surface area contributed by atoms with Crippen molar-refractivity contribution in [2.75, 3.05) is 18.9 Å². The monoisotopic (exact) mass is 395 g/mol. The van der Waals surface area contributed by atoms with Crippen LogP contribution >= 0.6 is 0 Å². The molecule has 2 bridgehead atoms. The molecule has 4 rings (SSSR count). The molecule has 0 saturated heterocycles. The second-order valence-electron chi connectivity index (χ2n) is 7.16. The number of aromatic nitrogens is 3. The van der Waals surface area contributed by atoms with E-state index in [4.69, 9.17) is 4.74 Å². The van der Waals surface area contributed by atoms with Crippen LogP contribution in [0, 0.1) is 6.92 Å². The van der Waals surface area contributed by atoms with Gasteiger partial charge in [-0.3, -0.25) is 4.79 Å². The SMILES string of the molecule is CC.Cc1ccc2c(c1)[C@@H](C)Nc1ccn3ncc(c3n1)C(=O)N(C)C[C@H](C)O2. The predicted octanol–water partition coefficient (Wildman–Crippen LogP) is 4.09. The fourth-order valence-electron chi connectivity index (χ4n) is 3.44. The van der Waals surface area contributed by atoms with Crippen LogP contribution in [0.5, 0.6) is 5.75 Å². The van der Waals surface area contributed by atoms with E-state index in [1.54, 1.807) is 22.7 Å². The van der Waals surface area contributed by atoms with Crippen LogP contribution in [0.15, 0.2) is 36.7 Å². The maximum atomic E-state index is 12.9. The van der Waals surface area contributed by atoms with Gasteiger partial charge in [0.05, 0.1) is 18.8 Å². The number of benzene rings is 1. The van der Waals surface area contributed by atoms with Gasteiger partial charge < -0.3 is 15.0 Å². The number of aryl methyl sites for hydroxylation is 1. The van der Waals surface area contributed by atoms with Crippen LogP contribution in [-0.4, -0.2) is 45.1 Å². The Hall–Kier alpha value is -3.09. The van der Waals surface area contributed by atoms with Gasteiger partial charge in [0, 0.05) is 18.8 Å². The van der Waals surface area contributed by atoms with Gasteiger partial charge in [-0.05, 0) is 32.9 Å². The summed E-state index contributed by atoms with van der Waals surface area (Å²) in [5.74, 6) is 1.38. The van der Waals surface area contributed by atoms with Gasteiger partial charge in [0.25, 0.3) is 5.91 Å². The molecule has 1 aliphatic heterocycles. The fourth-order valence-corrected chi connectivity index (χ4v) is 3.44. The summed E-state index contributed by atoms with van der Waals surface area (Å²) < 4.78 is 7.81. The van der Waals surface area contributed by atoms with Crippen molar-refractivity contribution >= 4 is 17.4 Å². The van der Waals surface area contributed by atoms with Crippen molar-refractivity contribution in [3.8, 4) is 5.75 Å². The van der Waals surface area contributed by atoms with E-state index in [-0.39, 0.29) is 18.1 Å². The van der Waals surface area contributed by atoms with Gasteiger partial charge >= 0.3 is 0 Å². The Morgan fingerprint density at radius 1 is 1.21 bits per heavy atom. The van der Waals surface area contributed by atoms with Crippen LogP contribution in [-0.2, 0) is 0 Å². The van der Waals surface area contributed by atoms with Gasteiger partial charge in [-0.25, -0.2) is 9.50 Å². The van der Waals surface area contributed by atoms with Crippen molar-refractivity contribution < 1.29 is 9.53 Å². The first-order valence-corrected chi connectivity index (χ1v) is 10.1. The number of ether oxygens (including phenoxy) is 1. The van der Waals surface area contributed by atoms with Crippen molar-refractivity contribution in [1.29, 1.82) is 0 Å². The molecule has 0 spiro atoms. The zero-order valence-electron chi connectivity index (χ0n) is 17.9. The van der Waals surface area contributed by atoms with Gasteiger partial charge in [-0.1, -0.05) is 31.5 Å². The Balaban J connectivity index is 0.00000117. The number of nitrogens with zero attached hydrogens (tertiary/aromatic N) is 4. The van der Waals surface area contributed by atoms with Crippen molar-refractivity contribution in [2.45, 2.75) is 46.8 Å². The Labute approximate surface area is 171 Å². The highest BCUT2D eigenvalue weighted by Crippen LogP contribution is 2.30. The molecule has 2 aromatic heterocycles. The second-order valence-corrected chi connectivity index (χ2v) is 7.16. The lowest BCUT2D eigenvalue weighted by Gasteiger charge is -2.24. The molecule has 1 N–H and O–H groups in total. The van der Waals surface area contributed by atoms with Crippen LogP contribution in [0.3, 0.4) is 0 Å². The summed E-state index contributed by atoms with van der Waals surface area (Å²) in [6.07, 6.45) is 3.22. The largest absolute Gasteiger partial charge is 0.489 e. The van der Waals surface area contributed by atoms with Crippen LogP contribution < -0.4 is 10.1 Å². The van der Waals surface area contributed by atoms with Gasteiger partial charge in [0.15, 0.2) is 5.65 Å². The average molecular weight is 396 g/mol. The lowest BCUT2D eigenvalue weighted by Crippen LogP contribution is -2.35. The van der Waals surface area contributed by atoms with E-state index in [9.17, 15) is 4.79 Å². The molecule has 0 radical (unpaired) electrons. The summed E-state index contributed by atoms with van der Waals surface area (Å²) in [4.78, 5) is 19.2. The van der Waals surface area contributed by atoms with E-state index in [0.717, 1.165) is 16.9 Å². The zero-order chi connectivity index (χ0) is 21.1. The van der Waals surface area contributed by atoms with Crippen molar-refractivity contribution in [2.24, 2.45) is 0 Å². The van der Waals surface area contributed by atoms with Gasteiger partial charge in [0.2, 0.25) is 0 Å². The minimum Gasteiger partial charge on any atom is -0.489 e. The van der Waals surface area contributed by atoms with Gasteiger partial charge in [0.1, 0.15) is 23.2 Å². The molecule has 1 aromatic carbocycles. The van der Waals surface area contributed by atoms with Crippen LogP contribution in [0.4, 0.5) is 5.82 Å². The number of likely N-dealkylation sites (N-methyl/N-ethyl adjacent to an activating group) is 1. The molecule has 0 saturated carbocycles. The van der Waals surface area contributed by atoms with Crippen molar-refractivity contribution in [3.63, 3.8) is 0 Å². The molecule has 154 valence electrons. The third-order valence-electron chi connectivity index (χ3n) is 4.80. The Bertz CT molecular complexity index is 1010. The molecule has 1 aliphatic rings. The predicted molar refractivity (Wildman–Crippen MR) is 115 cm³/mol. The highest BCUT2D eigenvalue weighted by Gasteiger charge is 2.23. The van der Waals surface area contributed by atoms with Crippen LogP contribution in [0.25, 0.3) is 5.65 Å². The number of nitrogens with one attached hydrogen (secondary N) is 1. The topological polar surface area (TPSA) is 71.8 Å². The van der Waals surface area contributed by atoms with E-state index in [1.807, 2.05) is 45.2 Å². The lowest BCUT2D eigenvalue weighted by molar-refractivity contribution is 0.0728. The van der Waals surface area contributed by atoms with Crippen LogP contribution in [0.2, 0.25) is 0 Å². The molecule has 3 heterocycles. The molecule has 0 fully saturated rings. The maximum Gasteiger partial charge on any atom is 0.259 e. The van der Waals surface area contributed by atoms with E-state index in [2.05, 4.69) is 35.3 Å². The summed E-state index contributed by atoms with van der Waals surface area (Å²) in [6.45, 7) is 10.6. The molecule has 7 nitrogen and oxygen atoms in total. The van der Waals surface area contributed by atoms with Crippen molar-refractivity contribution in [3.05, 3.63) is 53.3 Å². The van der Waals surface area contributed by atoms with Crippen LogP contribution in [0.1, 0.15) is 55.2 Å². The number of amides is 1. The molecule has 2 atom stereocenters. The summed E-state index contributed by atoms with van der Waals surface area (Å²) in [6, 6.07) is 7.99. The van der Waals surface area contributed by atoms with E-state index >= 15 is 0 Å². The van der Waals surface area contributed by atoms with Gasteiger partial charge in [-0.2, -0.15) is 5.10 Å². The third kappa shape index (κ3) is 4.18. The molecular formula is C22H29N5O2. The normalized spacial score (nSPS) is 19.1. The number of hydrogen-bond donors (Lipinski definition) is 1. The standard InChI is InChI=1S/C20H23N5O2.C2H6/c1-12-5-6-17-15(9-12)14(3)22-18-7-8-25-19(23-18)16(10-21-25)20(26)24(4)11-13(2)27-17;1-2/h5-10,13-14H,11H2,1-4H3,(H,22,23);1-2H3/t13-,14+;/m0./s1.